The molecule has 1 rings (SSSR count). The molecule has 4 nitrogen and oxygen atoms in total. The second-order valence-corrected chi connectivity index (χ2v) is 3.32. The highest BCUT2D eigenvalue weighted by Gasteiger charge is 2.22. The van der Waals surface area contributed by atoms with Gasteiger partial charge in [0.05, 0.1) is 4.92 Å². The fourth-order valence-corrected chi connectivity index (χ4v) is 1.34. The molecule has 0 aliphatic heterocycles. The summed E-state index contributed by atoms with van der Waals surface area (Å²) in [5, 5.41) is 10.6. The number of hydrogen-bond donors (Lipinski definition) is 0. The van der Waals surface area contributed by atoms with Crippen LogP contribution in [-0.2, 0) is 0 Å². The summed E-state index contributed by atoms with van der Waals surface area (Å²) in [5.74, 6) is -0.481. The van der Waals surface area contributed by atoms with E-state index in [4.69, 9.17) is 0 Å². The van der Waals surface area contributed by atoms with Gasteiger partial charge in [0, 0.05) is 22.8 Å². The van der Waals surface area contributed by atoms with E-state index in [2.05, 4.69) is 0 Å². The molecule has 0 atom stereocenters. The molecular formula is C10H9F2NO3. The van der Waals surface area contributed by atoms with Gasteiger partial charge >= 0.3 is 0 Å². The number of carbonyl (C=O) groups excluding carboxylic acids is 1. The molecule has 0 aliphatic rings. The number of alkyl halides is 2. The Labute approximate surface area is 90.0 Å². The van der Waals surface area contributed by atoms with Gasteiger partial charge in [0.15, 0.2) is 5.78 Å². The highest BCUT2D eigenvalue weighted by atomic mass is 19.3. The molecule has 0 aliphatic carbocycles. The van der Waals surface area contributed by atoms with E-state index in [0.717, 1.165) is 12.1 Å². The first-order chi connectivity index (χ1) is 7.34. The number of hydrogen-bond acceptors (Lipinski definition) is 3. The van der Waals surface area contributed by atoms with Crippen LogP contribution in [-0.4, -0.2) is 10.7 Å². The molecule has 0 amide bonds. The fourth-order valence-electron chi connectivity index (χ4n) is 1.34. The lowest BCUT2D eigenvalue weighted by molar-refractivity contribution is -0.385. The van der Waals surface area contributed by atoms with Gasteiger partial charge in [-0.15, -0.1) is 0 Å². The molecular weight excluding hydrogens is 220 g/mol. The van der Waals surface area contributed by atoms with Crippen molar-refractivity contribution in [3.8, 4) is 0 Å². The van der Waals surface area contributed by atoms with Crippen molar-refractivity contribution in [3.05, 3.63) is 38.9 Å². The molecule has 0 fully saturated rings. The van der Waals surface area contributed by atoms with Gasteiger partial charge in [-0.1, -0.05) is 0 Å². The number of Topliss-reactive ketones (excluding diaryl/α,β-unsaturated/α-hetero) is 1. The van der Waals surface area contributed by atoms with Crippen LogP contribution in [0.2, 0.25) is 0 Å². The SMILES string of the molecule is CC(=O)c1cc(C(F)F)c(C)c([N+](=O)[O-])c1. The van der Waals surface area contributed by atoms with Gasteiger partial charge in [-0.2, -0.15) is 0 Å². The first kappa shape index (κ1) is 12.2. The monoisotopic (exact) mass is 229 g/mol. The van der Waals surface area contributed by atoms with Crippen LogP contribution in [0, 0.1) is 17.0 Å². The van der Waals surface area contributed by atoms with E-state index < -0.39 is 28.4 Å². The Bertz CT molecular complexity index is 458. The van der Waals surface area contributed by atoms with Crippen LogP contribution < -0.4 is 0 Å². The average Bonchev–Trinajstić information content (AvgIpc) is 2.16. The van der Waals surface area contributed by atoms with E-state index in [0.29, 0.717) is 0 Å². The number of rotatable bonds is 3. The molecule has 0 saturated carbocycles. The minimum Gasteiger partial charge on any atom is -0.295 e. The van der Waals surface area contributed by atoms with Crippen molar-refractivity contribution < 1.29 is 18.5 Å². The molecule has 0 heterocycles. The lowest BCUT2D eigenvalue weighted by Crippen LogP contribution is -2.02. The highest BCUT2D eigenvalue weighted by molar-refractivity contribution is 5.95. The van der Waals surface area contributed by atoms with Gasteiger partial charge in [-0.25, -0.2) is 8.78 Å². The number of benzene rings is 1. The van der Waals surface area contributed by atoms with Crippen LogP contribution in [0.3, 0.4) is 0 Å². The first-order valence-corrected chi connectivity index (χ1v) is 4.42. The van der Waals surface area contributed by atoms with Gasteiger partial charge in [0.25, 0.3) is 12.1 Å². The second kappa shape index (κ2) is 4.34. The molecule has 0 bridgehead atoms. The van der Waals surface area contributed by atoms with Crippen LogP contribution in [0.25, 0.3) is 0 Å². The smallest absolute Gasteiger partial charge is 0.273 e. The summed E-state index contributed by atoms with van der Waals surface area (Å²) in [6, 6.07) is 2.01. The number of nitrogens with zero attached hydrogens (tertiary/aromatic N) is 1. The number of nitro groups is 1. The topological polar surface area (TPSA) is 60.2 Å². The second-order valence-electron chi connectivity index (χ2n) is 3.32. The van der Waals surface area contributed by atoms with Gasteiger partial charge in [0.2, 0.25) is 0 Å². The first-order valence-electron chi connectivity index (χ1n) is 4.42. The van der Waals surface area contributed by atoms with Crippen molar-refractivity contribution in [2.24, 2.45) is 0 Å². The van der Waals surface area contributed by atoms with Crippen molar-refractivity contribution in [1.29, 1.82) is 0 Å². The molecule has 6 heteroatoms. The molecule has 1 aromatic rings. The van der Waals surface area contributed by atoms with Crippen molar-refractivity contribution in [2.45, 2.75) is 20.3 Å². The quantitative estimate of drug-likeness (QED) is 0.454. The van der Waals surface area contributed by atoms with E-state index in [1.165, 1.54) is 13.8 Å². The fraction of sp³-hybridized carbons (Fsp3) is 0.300. The van der Waals surface area contributed by atoms with E-state index >= 15 is 0 Å². The standard InChI is InChI=1S/C10H9F2NO3/c1-5-8(10(11)12)3-7(6(2)14)4-9(5)13(15)16/h3-4,10H,1-2H3. The lowest BCUT2D eigenvalue weighted by atomic mass is 10.0. The summed E-state index contributed by atoms with van der Waals surface area (Å²) >= 11 is 0. The Balaban J connectivity index is 3.51. The van der Waals surface area contributed by atoms with E-state index in [1.54, 1.807) is 0 Å². The largest absolute Gasteiger partial charge is 0.295 e. The Morgan fingerprint density at radius 3 is 2.38 bits per heavy atom. The Hall–Kier alpha value is -1.85. The zero-order valence-electron chi connectivity index (χ0n) is 8.66. The van der Waals surface area contributed by atoms with Crippen LogP contribution in [0.5, 0.6) is 0 Å². The normalized spacial score (nSPS) is 10.6. The molecule has 0 N–H and O–H groups in total. The molecule has 16 heavy (non-hydrogen) atoms. The summed E-state index contributed by atoms with van der Waals surface area (Å²) in [6.07, 6.45) is -2.84. The van der Waals surface area contributed by atoms with Crippen LogP contribution in [0.1, 0.15) is 34.8 Å². The molecule has 0 saturated heterocycles. The van der Waals surface area contributed by atoms with Crippen molar-refractivity contribution in [2.75, 3.05) is 0 Å². The minimum absolute atomic E-state index is 0.0763. The van der Waals surface area contributed by atoms with Crippen molar-refractivity contribution in [3.63, 3.8) is 0 Å². The van der Waals surface area contributed by atoms with Gasteiger partial charge in [0.1, 0.15) is 0 Å². The minimum atomic E-state index is -2.84. The van der Waals surface area contributed by atoms with E-state index in [9.17, 15) is 23.7 Å². The van der Waals surface area contributed by atoms with Crippen LogP contribution in [0.15, 0.2) is 12.1 Å². The number of ketones is 1. The number of halogens is 2. The van der Waals surface area contributed by atoms with Gasteiger partial charge < -0.3 is 0 Å². The lowest BCUT2D eigenvalue weighted by Gasteiger charge is -2.07. The Morgan fingerprint density at radius 2 is 2.00 bits per heavy atom. The third-order valence-corrected chi connectivity index (χ3v) is 2.26. The van der Waals surface area contributed by atoms with E-state index in [1.807, 2.05) is 0 Å². The zero-order valence-corrected chi connectivity index (χ0v) is 8.66. The van der Waals surface area contributed by atoms with Crippen molar-refractivity contribution >= 4 is 11.5 Å². The summed E-state index contributed by atoms with van der Waals surface area (Å²) in [4.78, 5) is 20.9. The molecule has 0 aromatic heterocycles. The molecule has 1 aromatic carbocycles. The summed E-state index contributed by atoms with van der Waals surface area (Å²) in [6.45, 7) is 2.41. The number of nitro benzene ring substituents is 1. The maximum atomic E-state index is 12.6. The van der Waals surface area contributed by atoms with Crippen molar-refractivity contribution in [1.82, 2.24) is 0 Å². The molecule has 0 unspecified atom stereocenters. The predicted molar refractivity (Wildman–Crippen MR) is 52.8 cm³/mol. The number of carbonyl (C=O) groups is 1. The molecule has 86 valence electrons. The maximum absolute atomic E-state index is 12.6. The summed E-state index contributed by atoms with van der Waals surface area (Å²) in [7, 11) is 0. The van der Waals surface area contributed by atoms with Crippen LogP contribution in [0.4, 0.5) is 14.5 Å². The zero-order chi connectivity index (χ0) is 12.5. The maximum Gasteiger partial charge on any atom is 0.273 e. The average molecular weight is 229 g/mol. The van der Waals surface area contributed by atoms with E-state index in [-0.39, 0.29) is 11.1 Å². The summed E-state index contributed by atoms with van der Waals surface area (Å²) < 4.78 is 25.2. The molecule has 0 spiro atoms. The third-order valence-electron chi connectivity index (χ3n) is 2.26. The highest BCUT2D eigenvalue weighted by Crippen LogP contribution is 2.30. The predicted octanol–water partition coefficient (Wildman–Crippen LogP) is 3.04. The Morgan fingerprint density at radius 1 is 1.44 bits per heavy atom. The van der Waals surface area contributed by atoms with Gasteiger partial charge in [-0.05, 0) is 19.9 Å². The molecule has 0 radical (unpaired) electrons. The van der Waals surface area contributed by atoms with Gasteiger partial charge in [-0.3, -0.25) is 14.9 Å². The summed E-state index contributed by atoms with van der Waals surface area (Å²) in [5.41, 5.74) is -1.11. The van der Waals surface area contributed by atoms with Crippen LogP contribution >= 0.6 is 0 Å². The third kappa shape index (κ3) is 2.21. The Kier molecular flexibility index (Phi) is 3.31.